The smallest absolute Gasteiger partial charge is 0.191 e. The number of hydrogen-bond donors (Lipinski definition) is 2. The first-order valence-corrected chi connectivity index (χ1v) is 8.59. The van der Waals surface area contributed by atoms with Crippen LogP contribution in [-0.2, 0) is 9.84 Å². The van der Waals surface area contributed by atoms with Crippen LogP contribution in [0.5, 0.6) is 0 Å². The van der Waals surface area contributed by atoms with Crippen molar-refractivity contribution in [3.63, 3.8) is 0 Å². The fraction of sp³-hybridized carbons (Fsp3) is 0.500. The number of halogens is 1. The molecule has 1 atom stereocenters. The lowest BCUT2D eigenvalue weighted by Gasteiger charge is -2.22. The third-order valence-electron chi connectivity index (χ3n) is 3.25. The number of benzene rings is 1. The first-order valence-electron chi connectivity index (χ1n) is 6.94. The Kier molecular flexibility index (Phi) is 7.44. The molecule has 0 spiro atoms. The van der Waals surface area contributed by atoms with Crippen molar-refractivity contribution in [2.45, 2.75) is 30.7 Å². The van der Waals surface area contributed by atoms with Crippen LogP contribution in [0.2, 0.25) is 0 Å². The molecule has 2 N–H and O–H groups in total. The van der Waals surface area contributed by atoms with Crippen molar-refractivity contribution < 1.29 is 8.42 Å². The van der Waals surface area contributed by atoms with Gasteiger partial charge in [-0.05, 0) is 25.0 Å². The molecule has 1 aromatic rings. The second kappa shape index (κ2) is 8.57. The third-order valence-corrected chi connectivity index (χ3v) is 5.09. The van der Waals surface area contributed by atoms with Crippen molar-refractivity contribution in [3.05, 3.63) is 30.3 Å². The number of sulfone groups is 1. The molecule has 0 saturated carbocycles. The molecule has 2 rings (SSSR count). The standard InChI is InChI=1S/C14H21N3O2S.HI/c1-2-12(17-14-15-9-6-10-16-14)11-20(18,19)13-7-4-3-5-8-13;/h3-5,7-8,12H,2,6,9-11H2,1H3,(H2,15,16,17);1H. The Labute approximate surface area is 143 Å². The first kappa shape index (κ1) is 18.2. The third kappa shape index (κ3) is 5.46. The number of guanidine groups is 1. The zero-order chi connectivity index (χ0) is 14.4. The summed E-state index contributed by atoms with van der Waals surface area (Å²) in [6.45, 7) is 3.65. The van der Waals surface area contributed by atoms with Gasteiger partial charge in [-0.1, -0.05) is 25.1 Å². The molecule has 118 valence electrons. The molecule has 1 aliphatic rings. The van der Waals surface area contributed by atoms with Gasteiger partial charge >= 0.3 is 0 Å². The van der Waals surface area contributed by atoms with Gasteiger partial charge in [-0.3, -0.25) is 4.99 Å². The van der Waals surface area contributed by atoms with E-state index >= 15 is 0 Å². The predicted molar refractivity (Wildman–Crippen MR) is 96.0 cm³/mol. The lowest BCUT2D eigenvalue weighted by Crippen LogP contribution is -2.47. The van der Waals surface area contributed by atoms with E-state index in [0.29, 0.717) is 10.9 Å². The van der Waals surface area contributed by atoms with Crippen LogP contribution < -0.4 is 10.6 Å². The molecule has 0 fully saturated rings. The van der Waals surface area contributed by atoms with Gasteiger partial charge in [0.25, 0.3) is 0 Å². The molecule has 7 heteroatoms. The number of aliphatic imine (C=N–C) groups is 1. The average Bonchev–Trinajstić information content (AvgIpc) is 2.48. The minimum absolute atomic E-state index is 0. The van der Waals surface area contributed by atoms with E-state index in [1.54, 1.807) is 24.3 Å². The highest BCUT2D eigenvalue weighted by Gasteiger charge is 2.21. The molecule has 1 aliphatic heterocycles. The Bertz CT molecular complexity index is 561. The van der Waals surface area contributed by atoms with Crippen LogP contribution in [0.15, 0.2) is 40.2 Å². The monoisotopic (exact) mass is 423 g/mol. The average molecular weight is 423 g/mol. The molecule has 0 aliphatic carbocycles. The van der Waals surface area contributed by atoms with Crippen LogP contribution in [0.1, 0.15) is 19.8 Å². The van der Waals surface area contributed by atoms with E-state index in [1.165, 1.54) is 0 Å². The Hall–Kier alpha value is -0.830. The highest BCUT2D eigenvalue weighted by Crippen LogP contribution is 2.12. The molecule has 21 heavy (non-hydrogen) atoms. The fourth-order valence-electron chi connectivity index (χ4n) is 2.07. The second-order valence-corrected chi connectivity index (χ2v) is 6.89. The summed E-state index contributed by atoms with van der Waals surface area (Å²) in [7, 11) is -3.27. The van der Waals surface area contributed by atoms with E-state index in [4.69, 9.17) is 0 Å². The summed E-state index contributed by atoms with van der Waals surface area (Å²) in [5, 5.41) is 6.34. The Balaban J connectivity index is 0.00000220. The van der Waals surface area contributed by atoms with Gasteiger partial charge in [-0.15, -0.1) is 24.0 Å². The van der Waals surface area contributed by atoms with Gasteiger partial charge in [0.1, 0.15) is 0 Å². The zero-order valence-corrected chi connectivity index (χ0v) is 15.2. The molecule has 5 nitrogen and oxygen atoms in total. The number of nitrogens with zero attached hydrogens (tertiary/aromatic N) is 1. The van der Waals surface area contributed by atoms with E-state index in [9.17, 15) is 8.42 Å². The van der Waals surface area contributed by atoms with Crippen molar-refractivity contribution in [3.8, 4) is 0 Å². The van der Waals surface area contributed by atoms with E-state index in [-0.39, 0.29) is 35.8 Å². The molecule has 0 bridgehead atoms. The van der Waals surface area contributed by atoms with E-state index in [2.05, 4.69) is 15.6 Å². The summed E-state index contributed by atoms with van der Waals surface area (Å²) in [6.07, 6.45) is 1.75. The summed E-state index contributed by atoms with van der Waals surface area (Å²) >= 11 is 0. The Morgan fingerprint density at radius 1 is 1.33 bits per heavy atom. The predicted octanol–water partition coefficient (Wildman–Crippen LogP) is 1.80. The molecule has 0 radical (unpaired) electrons. The van der Waals surface area contributed by atoms with Crippen LogP contribution in [0.4, 0.5) is 0 Å². The minimum Gasteiger partial charge on any atom is -0.356 e. The molecule has 0 amide bonds. The van der Waals surface area contributed by atoms with Crippen molar-refractivity contribution in [1.29, 1.82) is 0 Å². The van der Waals surface area contributed by atoms with Gasteiger partial charge in [-0.25, -0.2) is 8.42 Å². The van der Waals surface area contributed by atoms with Gasteiger partial charge in [-0.2, -0.15) is 0 Å². The maximum absolute atomic E-state index is 12.3. The molecule has 1 heterocycles. The van der Waals surface area contributed by atoms with Crippen molar-refractivity contribution in [1.82, 2.24) is 10.6 Å². The molecule has 0 aromatic heterocycles. The molecular formula is C14H22IN3O2S. The maximum atomic E-state index is 12.3. The van der Waals surface area contributed by atoms with Crippen LogP contribution in [-0.4, -0.2) is 39.3 Å². The number of nitrogens with one attached hydrogen (secondary N) is 2. The topological polar surface area (TPSA) is 70.6 Å². The summed E-state index contributed by atoms with van der Waals surface area (Å²) in [4.78, 5) is 4.69. The second-order valence-electron chi connectivity index (χ2n) is 4.85. The van der Waals surface area contributed by atoms with Crippen LogP contribution in [0, 0.1) is 0 Å². The van der Waals surface area contributed by atoms with Gasteiger partial charge in [0.2, 0.25) is 0 Å². The Morgan fingerprint density at radius 2 is 2.05 bits per heavy atom. The van der Waals surface area contributed by atoms with Gasteiger partial charge < -0.3 is 10.6 Å². The van der Waals surface area contributed by atoms with Gasteiger partial charge in [0, 0.05) is 19.1 Å². The quantitative estimate of drug-likeness (QED) is 0.709. The van der Waals surface area contributed by atoms with E-state index in [1.807, 2.05) is 13.0 Å². The lowest BCUT2D eigenvalue weighted by molar-refractivity contribution is 0.565. The van der Waals surface area contributed by atoms with Gasteiger partial charge in [0.05, 0.1) is 10.6 Å². The largest absolute Gasteiger partial charge is 0.356 e. The molecule has 1 aromatic carbocycles. The summed E-state index contributed by atoms with van der Waals surface area (Å²) in [5.74, 6) is 0.792. The first-order chi connectivity index (χ1) is 9.62. The maximum Gasteiger partial charge on any atom is 0.191 e. The molecule has 1 unspecified atom stereocenters. The highest BCUT2D eigenvalue weighted by molar-refractivity contribution is 14.0. The highest BCUT2D eigenvalue weighted by atomic mass is 127. The van der Waals surface area contributed by atoms with E-state index < -0.39 is 9.84 Å². The molecular weight excluding hydrogens is 401 g/mol. The van der Waals surface area contributed by atoms with E-state index in [0.717, 1.165) is 25.9 Å². The van der Waals surface area contributed by atoms with Crippen LogP contribution in [0.25, 0.3) is 0 Å². The van der Waals surface area contributed by atoms with Gasteiger partial charge in [0.15, 0.2) is 15.8 Å². The fourth-order valence-corrected chi connectivity index (χ4v) is 3.69. The summed E-state index contributed by atoms with van der Waals surface area (Å²) < 4.78 is 24.7. The van der Waals surface area contributed by atoms with Crippen molar-refractivity contribution >= 4 is 39.8 Å². The zero-order valence-electron chi connectivity index (χ0n) is 12.1. The lowest BCUT2D eigenvalue weighted by atomic mass is 10.2. The number of rotatable bonds is 5. The minimum atomic E-state index is -3.27. The number of hydrogen-bond acceptors (Lipinski definition) is 5. The van der Waals surface area contributed by atoms with Crippen LogP contribution >= 0.6 is 24.0 Å². The Morgan fingerprint density at radius 3 is 2.62 bits per heavy atom. The summed E-state index contributed by atoms with van der Waals surface area (Å²) in [6, 6.07) is 8.44. The SMILES string of the molecule is CCC(CS(=O)(=O)c1ccccc1)NC1=NCCCN1.I. The van der Waals surface area contributed by atoms with Crippen molar-refractivity contribution in [2.75, 3.05) is 18.8 Å². The molecule has 0 saturated heterocycles. The summed E-state index contributed by atoms with van der Waals surface area (Å²) in [5.41, 5.74) is 0. The van der Waals surface area contributed by atoms with Crippen molar-refractivity contribution in [2.24, 2.45) is 4.99 Å². The van der Waals surface area contributed by atoms with Crippen LogP contribution in [0.3, 0.4) is 0 Å². The normalized spacial score (nSPS) is 16.1.